The number of thioether (sulfide) groups is 1. The van der Waals surface area contributed by atoms with Crippen molar-refractivity contribution in [2.24, 2.45) is 0 Å². The van der Waals surface area contributed by atoms with Crippen molar-refractivity contribution in [1.29, 1.82) is 0 Å². The van der Waals surface area contributed by atoms with Gasteiger partial charge in [-0.25, -0.2) is 0 Å². The van der Waals surface area contributed by atoms with Gasteiger partial charge in [-0.15, -0.1) is 24.9 Å². The summed E-state index contributed by atoms with van der Waals surface area (Å²) in [5.74, 6) is 0.167. The number of hydrogen-bond acceptors (Lipinski definition) is 3. The standard InChI is InChI=1S/C17H16F3NO2S/c1-12(24-11-13-5-3-2-4-6-13)16(22)21-14-7-9-15(10-8-14)23-17(18,19)20/h2-10,12H,11H2,1H3,(H,21,22)/t12-/m0/s1. The van der Waals surface area contributed by atoms with Crippen LogP contribution >= 0.6 is 11.8 Å². The summed E-state index contributed by atoms with van der Waals surface area (Å²) < 4.78 is 40.0. The first kappa shape index (κ1) is 18.2. The molecule has 2 aromatic carbocycles. The Morgan fingerprint density at radius 1 is 1.12 bits per heavy atom. The lowest BCUT2D eigenvalue weighted by molar-refractivity contribution is -0.274. The van der Waals surface area contributed by atoms with Crippen LogP contribution in [0.3, 0.4) is 0 Å². The summed E-state index contributed by atoms with van der Waals surface area (Å²) in [6, 6.07) is 14.8. The van der Waals surface area contributed by atoms with E-state index >= 15 is 0 Å². The van der Waals surface area contributed by atoms with Crippen molar-refractivity contribution in [2.45, 2.75) is 24.3 Å². The van der Waals surface area contributed by atoms with Crippen LogP contribution in [0.4, 0.5) is 18.9 Å². The number of carbonyl (C=O) groups excluding carboxylic acids is 1. The number of benzene rings is 2. The summed E-state index contributed by atoms with van der Waals surface area (Å²) in [4.78, 5) is 12.1. The van der Waals surface area contributed by atoms with E-state index in [4.69, 9.17) is 0 Å². The first-order valence-electron chi connectivity index (χ1n) is 7.16. The van der Waals surface area contributed by atoms with Crippen LogP contribution in [0.2, 0.25) is 0 Å². The Hall–Kier alpha value is -2.15. The molecule has 24 heavy (non-hydrogen) atoms. The molecule has 128 valence electrons. The Labute approximate surface area is 142 Å². The fraction of sp³-hybridized carbons (Fsp3) is 0.235. The third-order valence-corrected chi connectivity index (χ3v) is 4.28. The quantitative estimate of drug-likeness (QED) is 0.805. The van der Waals surface area contributed by atoms with E-state index in [2.05, 4.69) is 10.1 Å². The summed E-state index contributed by atoms with van der Waals surface area (Å²) in [5.41, 5.74) is 1.54. The van der Waals surface area contributed by atoms with Gasteiger partial charge in [0.05, 0.1) is 5.25 Å². The van der Waals surface area contributed by atoms with Crippen molar-refractivity contribution in [3.8, 4) is 5.75 Å². The smallest absolute Gasteiger partial charge is 0.406 e. The fourth-order valence-corrected chi connectivity index (χ4v) is 2.70. The largest absolute Gasteiger partial charge is 0.573 e. The van der Waals surface area contributed by atoms with E-state index in [-0.39, 0.29) is 16.9 Å². The van der Waals surface area contributed by atoms with Gasteiger partial charge in [0.25, 0.3) is 0 Å². The van der Waals surface area contributed by atoms with Crippen LogP contribution in [0.1, 0.15) is 12.5 Å². The van der Waals surface area contributed by atoms with Gasteiger partial charge in [-0.2, -0.15) is 0 Å². The number of ether oxygens (including phenoxy) is 1. The number of halogens is 3. The van der Waals surface area contributed by atoms with Gasteiger partial charge in [0.1, 0.15) is 5.75 Å². The summed E-state index contributed by atoms with van der Waals surface area (Å²) in [6.45, 7) is 1.78. The highest BCUT2D eigenvalue weighted by atomic mass is 32.2. The Balaban J connectivity index is 1.84. The van der Waals surface area contributed by atoms with Gasteiger partial charge < -0.3 is 10.1 Å². The minimum atomic E-state index is -4.73. The van der Waals surface area contributed by atoms with Crippen molar-refractivity contribution < 1.29 is 22.7 Å². The van der Waals surface area contributed by atoms with Gasteiger partial charge in [-0.3, -0.25) is 4.79 Å². The van der Waals surface area contributed by atoms with Crippen LogP contribution < -0.4 is 10.1 Å². The molecule has 2 aromatic rings. The highest BCUT2D eigenvalue weighted by molar-refractivity contribution is 7.99. The molecular weight excluding hydrogens is 339 g/mol. The molecule has 0 unspecified atom stereocenters. The molecule has 2 rings (SSSR count). The Morgan fingerprint density at radius 2 is 1.75 bits per heavy atom. The SMILES string of the molecule is C[C@H](SCc1ccccc1)C(=O)Nc1ccc(OC(F)(F)F)cc1. The number of carbonyl (C=O) groups is 1. The van der Waals surface area contributed by atoms with Crippen LogP contribution in [0.25, 0.3) is 0 Å². The zero-order valence-electron chi connectivity index (χ0n) is 12.8. The summed E-state index contributed by atoms with van der Waals surface area (Å²) in [5, 5.41) is 2.38. The normalized spacial score (nSPS) is 12.5. The summed E-state index contributed by atoms with van der Waals surface area (Å²) in [6.07, 6.45) is -4.73. The topological polar surface area (TPSA) is 38.3 Å². The zero-order valence-corrected chi connectivity index (χ0v) is 13.7. The minimum absolute atomic E-state index is 0.208. The molecule has 0 saturated heterocycles. The lowest BCUT2D eigenvalue weighted by Gasteiger charge is -2.13. The molecule has 0 saturated carbocycles. The van der Waals surface area contributed by atoms with Crippen molar-refractivity contribution >= 4 is 23.4 Å². The Bertz CT molecular complexity index is 660. The van der Waals surface area contributed by atoms with Crippen LogP contribution in [-0.4, -0.2) is 17.5 Å². The van der Waals surface area contributed by atoms with Crippen LogP contribution in [-0.2, 0) is 10.5 Å². The molecular formula is C17H16F3NO2S. The van der Waals surface area contributed by atoms with Gasteiger partial charge in [0.2, 0.25) is 5.91 Å². The van der Waals surface area contributed by atoms with Crippen molar-refractivity contribution in [1.82, 2.24) is 0 Å². The second-order valence-corrected chi connectivity index (χ2v) is 6.33. The van der Waals surface area contributed by atoms with E-state index < -0.39 is 6.36 Å². The number of hydrogen-bond donors (Lipinski definition) is 1. The zero-order chi connectivity index (χ0) is 17.6. The molecule has 0 aliphatic heterocycles. The number of alkyl halides is 3. The first-order valence-corrected chi connectivity index (χ1v) is 8.20. The van der Waals surface area contributed by atoms with Gasteiger partial charge in [-0.05, 0) is 36.8 Å². The number of nitrogens with one attached hydrogen (secondary N) is 1. The van der Waals surface area contributed by atoms with Crippen molar-refractivity contribution in [2.75, 3.05) is 5.32 Å². The van der Waals surface area contributed by atoms with Crippen LogP contribution in [0, 0.1) is 0 Å². The van der Waals surface area contributed by atoms with E-state index in [0.29, 0.717) is 11.4 Å². The Kier molecular flexibility index (Phi) is 6.14. The van der Waals surface area contributed by atoms with E-state index in [0.717, 1.165) is 17.7 Å². The lowest BCUT2D eigenvalue weighted by Crippen LogP contribution is -2.22. The third-order valence-electron chi connectivity index (χ3n) is 3.07. The minimum Gasteiger partial charge on any atom is -0.406 e. The van der Waals surface area contributed by atoms with Crippen molar-refractivity contribution in [3.05, 3.63) is 60.2 Å². The molecule has 1 N–H and O–H groups in total. The molecule has 0 spiro atoms. The first-order chi connectivity index (χ1) is 11.3. The highest BCUT2D eigenvalue weighted by Crippen LogP contribution is 2.24. The summed E-state index contributed by atoms with van der Waals surface area (Å²) in [7, 11) is 0. The van der Waals surface area contributed by atoms with Gasteiger partial charge in [-0.1, -0.05) is 30.3 Å². The maximum Gasteiger partial charge on any atom is 0.573 e. The maximum absolute atomic E-state index is 12.1. The molecule has 0 radical (unpaired) electrons. The van der Waals surface area contributed by atoms with E-state index in [1.165, 1.54) is 23.9 Å². The van der Waals surface area contributed by atoms with Crippen molar-refractivity contribution in [3.63, 3.8) is 0 Å². The maximum atomic E-state index is 12.1. The molecule has 1 amide bonds. The molecule has 0 aliphatic carbocycles. The van der Waals surface area contributed by atoms with Gasteiger partial charge >= 0.3 is 6.36 Å². The number of amides is 1. The lowest BCUT2D eigenvalue weighted by atomic mass is 10.2. The molecule has 0 aliphatic rings. The van der Waals surface area contributed by atoms with E-state index in [1.54, 1.807) is 6.92 Å². The second-order valence-electron chi connectivity index (χ2n) is 5.00. The molecule has 0 heterocycles. The molecule has 0 fully saturated rings. The molecule has 7 heteroatoms. The average Bonchev–Trinajstić information content (AvgIpc) is 2.54. The molecule has 0 aromatic heterocycles. The predicted octanol–water partition coefficient (Wildman–Crippen LogP) is 4.85. The molecule has 0 bridgehead atoms. The average molecular weight is 355 g/mol. The van der Waals surface area contributed by atoms with Crippen LogP contribution in [0.15, 0.2) is 54.6 Å². The van der Waals surface area contributed by atoms with Crippen LogP contribution in [0.5, 0.6) is 5.75 Å². The van der Waals surface area contributed by atoms with E-state index in [1.807, 2.05) is 30.3 Å². The molecule has 3 nitrogen and oxygen atoms in total. The second kappa shape index (κ2) is 8.10. The summed E-state index contributed by atoms with van der Waals surface area (Å²) >= 11 is 1.48. The molecule has 1 atom stereocenters. The highest BCUT2D eigenvalue weighted by Gasteiger charge is 2.31. The monoisotopic (exact) mass is 355 g/mol. The van der Waals surface area contributed by atoms with E-state index in [9.17, 15) is 18.0 Å². The predicted molar refractivity (Wildman–Crippen MR) is 89.0 cm³/mol. The number of anilines is 1. The fourth-order valence-electron chi connectivity index (χ4n) is 1.85. The Morgan fingerprint density at radius 3 is 2.33 bits per heavy atom. The third kappa shape index (κ3) is 6.16. The van der Waals surface area contributed by atoms with Gasteiger partial charge in [0, 0.05) is 11.4 Å². The van der Waals surface area contributed by atoms with Gasteiger partial charge in [0.15, 0.2) is 0 Å². The number of rotatable bonds is 6.